The molecule has 13 heavy (non-hydrogen) atoms. The van der Waals surface area contributed by atoms with E-state index in [-0.39, 0.29) is 5.56 Å². The van der Waals surface area contributed by atoms with Crippen molar-refractivity contribution in [2.24, 2.45) is 0 Å². The van der Waals surface area contributed by atoms with Gasteiger partial charge in [0.2, 0.25) is 0 Å². The van der Waals surface area contributed by atoms with Crippen LogP contribution in [0.1, 0.15) is 15.9 Å². The van der Waals surface area contributed by atoms with Gasteiger partial charge < -0.3 is 10.5 Å². The Labute approximate surface area is 81.4 Å². The van der Waals surface area contributed by atoms with Crippen molar-refractivity contribution < 1.29 is 9.53 Å². The number of halogens is 1. The zero-order chi connectivity index (χ0) is 10.0. The molecule has 0 aliphatic carbocycles. The minimum Gasteiger partial charge on any atom is -0.465 e. The van der Waals surface area contributed by atoms with Crippen LogP contribution in [0.3, 0.4) is 0 Å². The summed E-state index contributed by atoms with van der Waals surface area (Å²) in [6.45, 7) is 1.80. The lowest BCUT2D eigenvalue weighted by Crippen LogP contribution is -2.07. The molecule has 70 valence electrons. The molecule has 3 nitrogen and oxygen atoms in total. The van der Waals surface area contributed by atoms with Gasteiger partial charge in [0, 0.05) is 5.69 Å². The number of esters is 1. The van der Waals surface area contributed by atoms with Crippen LogP contribution in [-0.2, 0) is 4.74 Å². The molecule has 0 aliphatic heterocycles. The average molecular weight is 200 g/mol. The molecule has 2 N–H and O–H groups in total. The summed E-state index contributed by atoms with van der Waals surface area (Å²) >= 11 is 5.89. The number of carbonyl (C=O) groups is 1. The number of ether oxygens (including phenoxy) is 1. The van der Waals surface area contributed by atoms with E-state index in [2.05, 4.69) is 4.74 Å². The Kier molecular flexibility index (Phi) is 2.78. The predicted octanol–water partition coefficient (Wildman–Crippen LogP) is 2.02. The summed E-state index contributed by atoms with van der Waals surface area (Å²) in [7, 11) is 1.29. The summed E-state index contributed by atoms with van der Waals surface area (Å²) in [6, 6.07) is 3.39. The number of hydrogen-bond acceptors (Lipinski definition) is 3. The fourth-order valence-corrected chi connectivity index (χ4v) is 1.25. The number of anilines is 1. The fourth-order valence-electron chi connectivity index (χ4n) is 1.00. The SMILES string of the molecule is COC(=O)c1c(N)ccc(C)c1Cl. The Balaban J connectivity index is 3.33. The Morgan fingerprint density at radius 3 is 2.69 bits per heavy atom. The van der Waals surface area contributed by atoms with E-state index < -0.39 is 5.97 Å². The topological polar surface area (TPSA) is 52.3 Å². The van der Waals surface area contributed by atoms with E-state index in [1.54, 1.807) is 19.1 Å². The minimum absolute atomic E-state index is 0.240. The van der Waals surface area contributed by atoms with Crippen molar-refractivity contribution in [2.75, 3.05) is 12.8 Å². The van der Waals surface area contributed by atoms with Crippen LogP contribution < -0.4 is 5.73 Å². The third-order valence-corrected chi connectivity index (χ3v) is 2.24. The van der Waals surface area contributed by atoms with Gasteiger partial charge >= 0.3 is 5.97 Å². The second-order valence-electron chi connectivity index (χ2n) is 2.65. The Morgan fingerprint density at radius 2 is 2.15 bits per heavy atom. The highest BCUT2D eigenvalue weighted by atomic mass is 35.5. The van der Waals surface area contributed by atoms with E-state index in [0.717, 1.165) is 5.56 Å². The van der Waals surface area contributed by atoms with Gasteiger partial charge in [-0.25, -0.2) is 4.79 Å². The number of aryl methyl sites for hydroxylation is 1. The Morgan fingerprint density at radius 1 is 1.54 bits per heavy atom. The quantitative estimate of drug-likeness (QED) is 0.556. The molecule has 0 aromatic heterocycles. The van der Waals surface area contributed by atoms with Gasteiger partial charge in [-0.3, -0.25) is 0 Å². The number of hydrogen-bond donors (Lipinski definition) is 1. The van der Waals surface area contributed by atoms with Crippen molar-refractivity contribution in [1.82, 2.24) is 0 Å². The molecule has 1 aromatic rings. The van der Waals surface area contributed by atoms with Crippen molar-refractivity contribution in [3.8, 4) is 0 Å². The lowest BCUT2D eigenvalue weighted by atomic mass is 10.1. The van der Waals surface area contributed by atoms with Gasteiger partial charge in [0.05, 0.1) is 12.1 Å². The smallest absolute Gasteiger partial charge is 0.341 e. The van der Waals surface area contributed by atoms with Crippen LogP contribution in [0.25, 0.3) is 0 Å². The molecule has 0 saturated carbocycles. The largest absolute Gasteiger partial charge is 0.465 e. The first-order valence-electron chi connectivity index (χ1n) is 3.70. The summed E-state index contributed by atoms with van der Waals surface area (Å²) in [5.74, 6) is -0.508. The highest BCUT2D eigenvalue weighted by Gasteiger charge is 2.15. The van der Waals surface area contributed by atoms with Crippen molar-refractivity contribution in [3.05, 3.63) is 28.3 Å². The van der Waals surface area contributed by atoms with Gasteiger partial charge in [-0.15, -0.1) is 0 Å². The number of rotatable bonds is 1. The molecule has 0 saturated heterocycles. The van der Waals surface area contributed by atoms with Gasteiger partial charge in [-0.05, 0) is 18.6 Å². The van der Waals surface area contributed by atoms with Crippen LogP contribution in [0.2, 0.25) is 5.02 Å². The minimum atomic E-state index is -0.508. The highest BCUT2D eigenvalue weighted by Crippen LogP contribution is 2.26. The van der Waals surface area contributed by atoms with Crippen molar-refractivity contribution in [1.29, 1.82) is 0 Å². The maximum atomic E-state index is 11.2. The lowest BCUT2D eigenvalue weighted by Gasteiger charge is -2.07. The van der Waals surface area contributed by atoms with E-state index in [0.29, 0.717) is 10.7 Å². The number of carbonyl (C=O) groups excluding carboxylic acids is 1. The van der Waals surface area contributed by atoms with Gasteiger partial charge in [-0.1, -0.05) is 17.7 Å². The fraction of sp³-hybridized carbons (Fsp3) is 0.222. The van der Waals surface area contributed by atoms with E-state index in [1.807, 2.05) is 0 Å². The summed E-state index contributed by atoms with van der Waals surface area (Å²) in [4.78, 5) is 11.2. The third kappa shape index (κ3) is 1.75. The molecule has 1 aromatic carbocycles. The zero-order valence-corrected chi connectivity index (χ0v) is 8.18. The predicted molar refractivity (Wildman–Crippen MR) is 51.9 cm³/mol. The average Bonchev–Trinajstić information content (AvgIpc) is 2.12. The molecular weight excluding hydrogens is 190 g/mol. The van der Waals surface area contributed by atoms with Crippen molar-refractivity contribution in [2.45, 2.75) is 6.92 Å². The van der Waals surface area contributed by atoms with Crippen LogP contribution in [0, 0.1) is 6.92 Å². The maximum Gasteiger partial charge on any atom is 0.341 e. The maximum absolute atomic E-state index is 11.2. The number of methoxy groups -OCH3 is 1. The van der Waals surface area contributed by atoms with Gasteiger partial charge in [-0.2, -0.15) is 0 Å². The molecule has 0 heterocycles. The molecule has 0 spiro atoms. The van der Waals surface area contributed by atoms with Gasteiger partial charge in [0.1, 0.15) is 5.56 Å². The molecule has 0 aliphatic rings. The first-order valence-corrected chi connectivity index (χ1v) is 4.08. The summed E-state index contributed by atoms with van der Waals surface area (Å²) in [5, 5.41) is 0.354. The van der Waals surface area contributed by atoms with Crippen molar-refractivity contribution >= 4 is 23.3 Å². The van der Waals surface area contributed by atoms with Crippen LogP contribution in [0.5, 0.6) is 0 Å². The van der Waals surface area contributed by atoms with E-state index in [4.69, 9.17) is 17.3 Å². The Bertz CT molecular complexity index is 350. The molecule has 1 rings (SSSR count). The van der Waals surface area contributed by atoms with E-state index >= 15 is 0 Å². The zero-order valence-electron chi connectivity index (χ0n) is 7.43. The van der Waals surface area contributed by atoms with Crippen LogP contribution in [0.4, 0.5) is 5.69 Å². The summed E-state index contributed by atoms with van der Waals surface area (Å²) < 4.78 is 4.55. The standard InChI is InChI=1S/C9H10ClNO2/c1-5-3-4-6(11)7(8(5)10)9(12)13-2/h3-4H,11H2,1-2H3. The molecule has 0 bridgehead atoms. The second-order valence-corrected chi connectivity index (χ2v) is 3.03. The first-order chi connectivity index (χ1) is 6.07. The number of nitrogens with two attached hydrogens (primary N) is 1. The molecule has 0 atom stereocenters. The van der Waals surface area contributed by atoms with Crippen LogP contribution in [0.15, 0.2) is 12.1 Å². The van der Waals surface area contributed by atoms with E-state index in [9.17, 15) is 4.79 Å². The van der Waals surface area contributed by atoms with E-state index in [1.165, 1.54) is 7.11 Å². The monoisotopic (exact) mass is 199 g/mol. The van der Waals surface area contributed by atoms with Crippen LogP contribution in [-0.4, -0.2) is 13.1 Å². The molecular formula is C9H10ClNO2. The van der Waals surface area contributed by atoms with Crippen LogP contribution >= 0.6 is 11.6 Å². The highest BCUT2D eigenvalue weighted by molar-refractivity contribution is 6.35. The summed E-state index contributed by atoms with van der Waals surface area (Å²) in [5.41, 5.74) is 6.96. The molecule has 0 amide bonds. The molecule has 0 fully saturated rings. The number of benzene rings is 1. The molecule has 4 heteroatoms. The Hall–Kier alpha value is -1.22. The molecule has 0 radical (unpaired) electrons. The lowest BCUT2D eigenvalue weighted by molar-refractivity contribution is 0.0602. The summed E-state index contributed by atoms with van der Waals surface area (Å²) in [6.07, 6.45) is 0. The molecule has 0 unspecified atom stereocenters. The van der Waals surface area contributed by atoms with Crippen molar-refractivity contribution in [3.63, 3.8) is 0 Å². The second kappa shape index (κ2) is 3.66. The van der Waals surface area contributed by atoms with Gasteiger partial charge in [0.15, 0.2) is 0 Å². The normalized spacial score (nSPS) is 9.77. The first kappa shape index (κ1) is 9.86. The third-order valence-electron chi connectivity index (χ3n) is 1.76. The number of nitrogen functional groups attached to an aromatic ring is 1. The van der Waals surface area contributed by atoms with Gasteiger partial charge in [0.25, 0.3) is 0 Å².